The zero-order valence-electron chi connectivity index (χ0n) is 5.64. The van der Waals surface area contributed by atoms with Crippen LogP contribution in [-0.4, -0.2) is 9.79 Å². The number of allylic oxidation sites excluding steroid dienone is 1. The quantitative estimate of drug-likeness (QED) is 0.648. The van der Waals surface area contributed by atoms with E-state index in [9.17, 15) is 4.57 Å². The highest BCUT2D eigenvalue weighted by Crippen LogP contribution is 2.37. The zero-order valence-corrected chi connectivity index (χ0v) is 8.17. The average molecular weight is 209 g/mol. The molecule has 0 aliphatic heterocycles. The molecule has 0 aliphatic rings. The van der Waals surface area contributed by atoms with Gasteiger partial charge in [-0.2, -0.15) is 0 Å². The van der Waals surface area contributed by atoms with Crippen LogP contribution in [0.25, 0.3) is 0 Å². The van der Waals surface area contributed by atoms with E-state index < -0.39 is 7.60 Å². The van der Waals surface area contributed by atoms with Crippen LogP contribution in [0.5, 0.6) is 0 Å². The van der Waals surface area contributed by atoms with E-state index in [1.165, 1.54) is 0 Å². The van der Waals surface area contributed by atoms with Crippen LogP contribution in [0.1, 0.15) is 13.8 Å². The summed E-state index contributed by atoms with van der Waals surface area (Å²) >= 11 is 0. The predicted octanol–water partition coefficient (Wildman–Crippen LogP) is 1.93. The van der Waals surface area contributed by atoms with Crippen molar-refractivity contribution in [3.05, 3.63) is 11.4 Å². The molecule has 0 atom stereocenters. The fraction of sp³-hybridized carbons (Fsp3) is 0.500. The summed E-state index contributed by atoms with van der Waals surface area (Å²) in [6.45, 7) is 3.28. The molecule has 0 amide bonds. The van der Waals surface area contributed by atoms with Gasteiger partial charge in [0.05, 0.1) is 0 Å². The summed E-state index contributed by atoms with van der Waals surface area (Å²) in [6.07, 6.45) is 0. The van der Waals surface area contributed by atoms with Gasteiger partial charge in [0.1, 0.15) is 0 Å². The summed E-state index contributed by atoms with van der Waals surface area (Å²) in [7, 11) is -3.88. The van der Waals surface area contributed by atoms with E-state index in [1.807, 2.05) is 0 Å². The molecule has 0 aliphatic carbocycles. The summed E-state index contributed by atoms with van der Waals surface area (Å²) in [5.41, 5.74) is 0.637. The summed E-state index contributed by atoms with van der Waals surface area (Å²) in [4.78, 5) is 16.4. The maximum absolute atomic E-state index is 10.1. The zero-order chi connectivity index (χ0) is 6.78. The van der Waals surface area contributed by atoms with Gasteiger partial charge in [0, 0.05) is 5.82 Å². The van der Waals surface area contributed by atoms with Crippen LogP contribution < -0.4 is 0 Å². The molecule has 0 fully saturated rings. The standard InChI is InChI=1S/C4H9O3P.2ClH/c1-4(2)3-8(5,6)7;;/h3H,1-2H3,(H2,5,6,7);2*1H. The lowest BCUT2D eigenvalue weighted by Gasteiger charge is -1.93. The maximum Gasteiger partial charge on any atom is 0.348 e. The van der Waals surface area contributed by atoms with Crippen LogP contribution in [0.4, 0.5) is 0 Å². The molecule has 64 valence electrons. The second kappa shape index (κ2) is 6.20. The third-order valence-corrected chi connectivity index (χ3v) is 1.28. The van der Waals surface area contributed by atoms with Crippen molar-refractivity contribution in [2.75, 3.05) is 0 Å². The van der Waals surface area contributed by atoms with Gasteiger partial charge in [-0.1, -0.05) is 5.57 Å². The Kier molecular flexibility index (Phi) is 10.4. The van der Waals surface area contributed by atoms with Crippen molar-refractivity contribution in [3.8, 4) is 0 Å². The molecule has 0 unspecified atom stereocenters. The average Bonchev–Trinajstić information content (AvgIpc) is 1.21. The van der Waals surface area contributed by atoms with Crippen LogP contribution >= 0.6 is 32.4 Å². The van der Waals surface area contributed by atoms with Gasteiger partial charge in [-0.05, 0) is 13.8 Å². The first kappa shape index (κ1) is 16.8. The van der Waals surface area contributed by atoms with Crippen molar-refractivity contribution in [3.63, 3.8) is 0 Å². The molecule has 0 saturated heterocycles. The molecule has 0 bridgehead atoms. The molecule has 0 radical (unpaired) electrons. The number of halogens is 2. The fourth-order valence-electron chi connectivity index (χ4n) is 0.336. The Bertz CT molecular complexity index is 147. The van der Waals surface area contributed by atoms with Crippen molar-refractivity contribution in [2.45, 2.75) is 13.8 Å². The van der Waals surface area contributed by atoms with Gasteiger partial charge in [-0.15, -0.1) is 24.8 Å². The van der Waals surface area contributed by atoms with E-state index in [-0.39, 0.29) is 24.8 Å². The smallest absolute Gasteiger partial charge is 0.321 e. The molecule has 0 aromatic heterocycles. The van der Waals surface area contributed by atoms with E-state index in [0.717, 1.165) is 5.82 Å². The van der Waals surface area contributed by atoms with Crippen LogP contribution in [-0.2, 0) is 4.57 Å². The Labute approximate surface area is 72.5 Å². The molecule has 0 aromatic carbocycles. The van der Waals surface area contributed by atoms with Crippen molar-refractivity contribution in [2.24, 2.45) is 0 Å². The lowest BCUT2D eigenvalue weighted by atomic mass is 10.4. The second-order valence-electron chi connectivity index (χ2n) is 1.80. The molecule has 10 heavy (non-hydrogen) atoms. The largest absolute Gasteiger partial charge is 0.348 e. The Morgan fingerprint density at radius 2 is 1.60 bits per heavy atom. The first-order valence-corrected chi connectivity index (χ1v) is 3.81. The lowest BCUT2D eigenvalue weighted by molar-refractivity contribution is 0.386. The van der Waals surface area contributed by atoms with E-state index in [0.29, 0.717) is 5.57 Å². The highest BCUT2D eigenvalue weighted by atomic mass is 35.5. The molecule has 0 aromatic rings. The van der Waals surface area contributed by atoms with E-state index in [2.05, 4.69) is 0 Å². The van der Waals surface area contributed by atoms with Crippen molar-refractivity contribution >= 4 is 32.4 Å². The monoisotopic (exact) mass is 208 g/mol. The number of rotatable bonds is 1. The Morgan fingerprint density at radius 3 is 1.60 bits per heavy atom. The minimum absolute atomic E-state index is 0. The Morgan fingerprint density at radius 1 is 1.30 bits per heavy atom. The third kappa shape index (κ3) is 15.8. The molecular formula is C4H11Cl2O3P. The molecule has 0 spiro atoms. The minimum Gasteiger partial charge on any atom is -0.321 e. The van der Waals surface area contributed by atoms with Crippen molar-refractivity contribution in [1.82, 2.24) is 0 Å². The van der Waals surface area contributed by atoms with Gasteiger partial charge < -0.3 is 9.79 Å². The molecular weight excluding hydrogens is 198 g/mol. The normalized spacial score (nSPS) is 8.80. The summed E-state index contributed by atoms with van der Waals surface area (Å²) in [6, 6.07) is 0. The van der Waals surface area contributed by atoms with Crippen LogP contribution in [0.2, 0.25) is 0 Å². The van der Waals surface area contributed by atoms with Gasteiger partial charge >= 0.3 is 7.60 Å². The third-order valence-electron chi connectivity index (χ3n) is 0.426. The van der Waals surface area contributed by atoms with Crippen molar-refractivity contribution < 1.29 is 14.4 Å². The van der Waals surface area contributed by atoms with E-state index in [1.54, 1.807) is 13.8 Å². The molecule has 0 rings (SSSR count). The molecule has 2 N–H and O–H groups in total. The van der Waals surface area contributed by atoms with Crippen LogP contribution in [0.3, 0.4) is 0 Å². The van der Waals surface area contributed by atoms with E-state index >= 15 is 0 Å². The highest BCUT2D eigenvalue weighted by molar-refractivity contribution is 7.55. The highest BCUT2D eigenvalue weighted by Gasteiger charge is 2.05. The first-order valence-electron chi connectivity index (χ1n) is 2.13. The van der Waals surface area contributed by atoms with Crippen LogP contribution in [0.15, 0.2) is 11.4 Å². The van der Waals surface area contributed by atoms with Gasteiger partial charge in [0.25, 0.3) is 0 Å². The summed E-state index contributed by atoms with van der Waals surface area (Å²) < 4.78 is 10.1. The molecule has 6 heteroatoms. The Balaban J connectivity index is -0.000000245. The van der Waals surface area contributed by atoms with Gasteiger partial charge in [-0.3, -0.25) is 4.57 Å². The molecule has 3 nitrogen and oxygen atoms in total. The van der Waals surface area contributed by atoms with Gasteiger partial charge in [-0.25, -0.2) is 0 Å². The lowest BCUT2D eigenvalue weighted by Crippen LogP contribution is -1.70. The molecule has 0 saturated carbocycles. The maximum atomic E-state index is 10.1. The van der Waals surface area contributed by atoms with Crippen molar-refractivity contribution in [1.29, 1.82) is 0 Å². The summed E-state index contributed by atoms with van der Waals surface area (Å²) in [5.74, 6) is 0.938. The molecule has 0 heterocycles. The second-order valence-corrected chi connectivity index (χ2v) is 3.23. The topological polar surface area (TPSA) is 57.5 Å². The number of hydrogen-bond acceptors (Lipinski definition) is 1. The Hall–Kier alpha value is 0.470. The predicted molar refractivity (Wildman–Crippen MR) is 46.0 cm³/mol. The van der Waals surface area contributed by atoms with Crippen LogP contribution in [0, 0.1) is 0 Å². The van der Waals surface area contributed by atoms with E-state index in [4.69, 9.17) is 9.79 Å². The minimum atomic E-state index is -3.88. The fourth-order valence-corrected chi connectivity index (χ4v) is 1.01. The van der Waals surface area contributed by atoms with Gasteiger partial charge in [0.2, 0.25) is 0 Å². The van der Waals surface area contributed by atoms with Gasteiger partial charge in [0.15, 0.2) is 0 Å². The first-order chi connectivity index (χ1) is 3.42. The SMILES string of the molecule is CC(C)=CP(=O)(O)O.Cl.Cl. The number of hydrogen-bond donors (Lipinski definition) is 2. The summed E-state index contributed by atoms with van der Waals surface area (Å²) in [5, 5.41) is 0.